The van der Waals surface area contributed by atoms with Crippen molar-refractivity contribution in [2.24, 2.45) is 0 Å². The molecule has 0 amide bonds. The van der Waals surface area contributed by atoms with Gasteiger partial charge in [0.15, 0.2) is 0 Å². The summed E-state index contributed by atoms with van der Waals surface area (Å²) >= 11 is 0. The third-order valence-electron chi connectivity index (χ3n) is 1.20. The second-order valence-electron chi connectivity index (χ2n) is 2.09. The summed E-state index contributed by atoms with van der Waals surface area (Å²) in [6.45, 7) is 3.77. The Hall–Kier alpha value is -1.24. The Labute approximate surface area is 61.4 Å². The van der Waals surface area contributed by atoms with Gasteiger partial charge in [-0.3, -0.25) is 0 Å². The van der Waals surface area contributed by atoms with Gasteiger partial charge in [-0.05, 0) is 18.7 Å². The first-order valence-electron chi connectivity index (χ1n) is 3.33. The molecule has 0 aromatic carbocycles. The lowest BCUT2D eigenvalue weighted by atomic mass is 10.3. The summed E-state index contributed by atoms with van der Waals surface area (Å²) in [5.74, 6) is 0. The van der Waals surface area contributed by atoms with Gasteiger partial charge in [0, 0.05) is 5.70 Å². The molecular weight excluding hydrogens is 122 g/mol. The van der Waals surface area contributed by atoms with Crippen LogP contribution in [-0.2, 0) is 0 Å². The van der Waals surface area contributed by atoms with Crippen LogP contribution in [0.15, 0.2) is 48.9 Å². The minimum Gasteiger partial charge on any atom is -0.362 e. The van der Waals surface area contributed by atoms with E-state index in [-0.39, 0.29) is 0 Å². The Balaban J connectivity index is 2.62. The highest BCUT2D eigenvalue weighted by atomic mass is 14.8. The summed E-state index contributed by atoms with van der Waals surface area (Å²) in [6.07, 6.45) is 13.0. The molecule has 52 valence electrons. The fourth-order valence-electron chi connectivity index (χ4n) is 0.690. The summed E-state index contributed by atoms with van der Waals surface area (Å²) in [6, 6.07) is 0. The van der Waals surface area contributed by atoms with Crippen molar-refractivity contribution in [1.82, 2.24) is 5.32 Å². The molecule has 0 spiro atoms. The Bertz CT molecular complexity index is 197. The van der Waals surface area contributed by atoms with Gasteiger partial charge in [-0.25, -0.2) is 0 Å². The standard InChI is InChI=1S/C9H11N/c1-9-7-5-3-2-4-6-8-10-9/h2-3,5-8,10H,1,4H2/b3-2-,7-5-,8-6-. The zero-order valence-electron chi connectivity index (χ0n) is 5.88. The van der Waals surface area contributed by atoms with E-state index in [9.17, 15) is 0 Å². The van der Waals surface area contributed by atoms with Gasteiger partial charge < -0.3 is 5.32 Å². The van der Waals surface area contributed by atoms with E-state index in [1.165, 1.54) is 0 Å². The molecule has 1 heterocycles. The van der Waals surface area contributed by atoms with E-state index < -0.39 is 0 Å². The Morgan fingerprint density at radius 1 is 1.30 bits per heavy atom. The number of rotatable bonds is 0. The van der Waals surface area contributed by atoms with Crippen LogP contribution in [0.5, 0.6) is 0 Å². The first-order chi connectivity index (χ1) is 4.89. The van der Waals surface area contributed by atoms with E-state index in [4.69, 9.17) is 0 Å². The monoisotopic (exact) mass is 133 g/mol. The lowest BCUT2D eigenvalue weighted by Gasteiger charge is -1.94. The van der Waals surface area contributed by atoms with Crippen LogP contribution in [0.1, 0.15) is 6.42 Å². The number of allylic oxidation sites excluding steroid dienone is 5. The fourth-order valence-corrected chi connectivity index (χ4v) is 0.690. The summed E-state index contributed by atoms with van der Waals surface area (Å²) in [7, 11) is 0. The quantitative estimate of drug-likeness (QED) is 0.533. The normalized spacial score (nSPS) is 27.0. The van der Waals surface area contributed by atoms with Crippen molar-refractivity contribution in [3.63, 3.8) is 0 Å². The van der Waals surface area contributed by atoms with Gasteiger partial charge in [-0.2, -0.15) is 0 Å². The molecule has 1 nitrogen and oxygen atoms in total. The molecule has 0 atom stereocenters. The lowest BCUT2D eigenvalue weighted by Crippen LogP contribution is -1.99. The Kier molecular flexibility index (Phi) is 2.56. The van der Waals surface area contributed by atoms with Crippen molar-refractivity contribution in [1.29, 1.82) is 0 Å². The van der Waals surface area contributed by atoms with Gasteiger partial charge in [0.1, 0.15) is 0 Å². The molecule has 1 rings (SSSR count). The van der Waals surface area contributed by atoms with Gasteiger partial charge in [0.05, 0.1) is 0 Å². The van der Waals surface area contributed by atoms with E-state index in [0.717, 1.165) is 12.1 Å². The lowest BCUT2D eigenvalue weighted by molar-refractivity contribution is 1.11. The third kappa shape index (κ3) is 2.35. The smallest absolute Gasteiger partial charge is 0.0306 e. The molecule has 0 aromatic rings. The molecular formula is C9H11N. The van der Waals surface area contributed by atoms with Crippen LogP contribution in [0, 0.1) is 0 Å². The molecule has 1 heteroatoms. The van der Waals surface area contributed by atoms with E-state index in [1.54, 1.807) is 0 Å². The minimum absolute atomic E-state index is 0.919. The first-order valence-corrected chi connectivity index (χ1v) is 3.33. The van der Waals surface area contributed by atoms with Crippen LogP contribution in [0.3, 0.4) is 0 Å². The van der Waals surface area contributed by atoms with Gasteiger partial charge in [0.25, 0.3) is 0 Å². The fraction of sp³-hybridized carbons (Fsp3) is 0.111. The van der Waals surface area contributed by atoms with Gasteiger partial charge in [0.2, 0.25) is 0 Å². The van der Waals surface area contributed by atoms with Crippen LogP contribution in [0.4, 0.5) is 0 Å². The van der Waals surface area contributed by atoms with Crippen molar-refractivity contribution >= 4 is 0 Å². The third-order valence-corrected chi connectivity index (χ3v) is 1.20. The highest BCUT2D eigenvalue weighted by Crippen LogP contribution is 1.93. The first kappa shape index (κ1) is 6.87. The Morgan fingerprint density at radius 3 is 3.10 bits per heavy atom. The summed E-state index contributed by atoms with van der Waals surface area (Å²) in [5.41, 5.74) is 0.919. The van der Waals surface area contributed by atoms with E-state index in [1.807, 2.05) is 24.4 Å². The van der Waals surface area contributed by atoms with E-state index in [0.29, 0.717) is 0 Å². The zero-order chi connectivity index (χ0) is 7.23. The molecule has 1 aliphatic heterocycles. The van der Waals surface area contributed by atoms with Crippen molar-refractivity contribution in [3.8, 4) is 0 Å². The van der Waals surface area contributed by atoms with Crippen LogP contribution in [0.25, 0.3) is 0 Å². The minimum atomic E-state index is 0.919. The van der Waals surface area contributed by atoms with Crippen LogP contribution < -0.4 is 5.32 Å². The molecule has 0 fully saturated rings. The maximum absolute atomic E-state index is 3.77. The molecule has 0 aliphatic carbocycles. The van der Waals surface area contributed by atoms with Crippen molar-refractivity contribution in [3.05, 3.63) is 48.9 Å². The molecule has 0 radical (unpaired) electrons. The zero-order valence-corrected chi connectivity index (χ0v) is 5.88. The highest BCUT2D eigenvalue weighted by molar-refractivity contribution is 5.20. The van der Waals surface area contributed by atoms with E-state index >= 15 is 0 Å². The van der Waals surface area contributed by atoms with Gasteiger partial charge >= 0.3 is 0 Å². The predicted octanol–water partition coefficient (Wildman–Crippen LogP) is 2.12. The largest absolute Gasteiger partial charge is 0.362 e. The average molecular weight is 133 g/mol. The molecule has 0 saturated carbocycles. The molecule has 10 heavy (non-hydrogen) atoms. The predicted molar refractivity (Wildman–Crippen MR) is 44.3 cm³/mol. The Morgan fingerprint density at radius 2 is 2.20 bits per heavy atom. The number of hydrogen-bond donors (Lipinski definition) is 1. The topological polar surface area (TPSA) is 12.0 Å². The second kappa shape index (κ2) is 3.72. The number of nitrogens with one attached hydrogen (secondary N) is 1. The summed E-state index contributed by atoms with van der Waals surface area (Å²) in [4.78, 5) is 0. The van der Waals surface area contributed by atoms with Crippen LogP contribution >= 0.6 is 0 Å². The summed E-state index contributed by atoms with van der Waals surface area (Å²) < 4.78 is 0. The van der Waals surface area contributed by atoms with Gasteiger partial charge in [-0.15, -0.1) is 0 Å². The van der Waals surface area contributed by atoms with Gasteiger partial charge in [-0.1, -0.05) is 30.9 Å². The molecule has 1 aliphatic rings. The van der Waals surface area contributed by atoms with Crippen molar-refractivity contribution in [2.75, 3.05) is 0 Å². The van der Waals surface area contributed by atoms with Crippen molar-refractivity contribution in [2.45, 2.75) is 6.42 Å². The molecule has 0 saturated heterocycles. The van der Waals surface area contributed by atoms with Crippen molar-refractivity contribution < 1.29 is 0 Å². The molecule has 0 aromatic heterocycles. The SMILES string of the molecule is C=C1/C=C\C=C/C/C=C\N1. The average Bonchev–Trinajstić information content (AvgIpc) is 2.02. The highest BCUT2D eigenvalue weighted by Gasteiger charge is 1.81. The summed E-state index contributed by atoms with van der Waals surface area (Å²) in [5, 5.41) is 3.02. The van der Waals surface area contributed by atoms with Crippen LogP contribution in [0.2, 0.25) is 0 Å². The number of hydrogen-bond acceptors (Lipinski definition) is 1. The molecule has 0 unspecified atom stereocenters. The maximum Gasteiger partial charge on any atom is 0.0306 e. The maximum atomic E-state index is 3.77. The molecule has 1 N–H and O–H groups in total. The van der Waals surface area contributed by atoms with Crippen LogP contribution in [-0.4, -0.2) is 0 Å². The van der Waals surface area contributed by atoms with E-state index in [2.05, 4.69) is 24.0 Å². The second-order valence-corrected chi connectivity index (χ2v) is 2.09. The molecule has 0 bridgehead atoms.